The summed E-state index contributed by atoms with van der Waals surface area (Å²) in [4.78, 5) is 1.87. The summed E-state index contributed by atoms with van der Waals surface area (Å²) >= 11 is 0. The number of quaternary nitrogens is 1. The SMILES string of the molecule is CCCCCCC[NH+]1CCC(C)CC1.O=S(=O)([O-])C(F)(F)F. The molecule has 4 nitrogen and oxygen atoms in total. The first-order valence-electron chi connectivity index (χ1n) is 7.93. The Morgan fingerprint density at radius 3 is 1.95 bits per heavy atom. The zero-order chi connectivity index (χ0) is 17.2. The first-order chi connectivity index (χ1) is 10.1. The molecule has 1 aliphatic rings. The predicted molar refractivity (Wildman–Crippen MR) is 78.5 cm³/mol. The zero-order valence-corrected chi connectivity index (χ0v) is 14.2. The highest BCUT2D eigenvalue weighted by Crippen LogP contribution is 2.20. The molecule has 1 aliphatic heterocycles. The fourth-order valence-electron chi connectivity index (χ4n) is 2.40. The molecule has 0 unspecified atom stereocenters. The van der Waals surface area contributed by atoms with E-state index in [9.17, 15) is 13.2 Å². The van der Waals surface area contributed by atoms with E-state index in [2.05, 4.69) is 13.8 Å². The highest BCUT2D eigenvalue weighted by molar-refractivity contribution is 7.86. The molecule has 1 heterocycles. The first kappa shape index (κ1) is 21.7. The van der Waals surface area contributed by atoms with Crippen LogP contribution in [0.15, 0.2) is 0 Å². The Morgan fingerprint density at radius 1 is 1.09 bits per heavy atom. The van der Waals surface area contributed by atoms with Crippen LogP contribution in [0.4, 0.5) is 13.2 Å². The molecule has 1 rings (SSSR count). The van der Waals surface area contributed by atoms with Gasteiger partial charge in [-0.1, -0.05) is 33.1 Å². The molecule has 0 amide bonds. The van der Waals surface area contributed by atoms with Crippen LogP contribution in [0.2, 0.25) is 0 Å². The van der Waals surface area contributed by atoms with E-state index < -0.39 is 15.6 Å². The number of unbranched alkanes of at least 4 members (excludes halogenated alkanes) is 4. The smallest absolute Gasteiger partial charge is 0.485 e. The number of piperidine rings is 1. The summed E-state index contributed by atoms with van der Waals surface area (Å²) in [5.41, 5.74) is -5.65. The molecule has 0 saturated carbocycles. The van der Waals surface area contributed by atoms with Gasteiger partial charge in [0.1, 0.15) is 0 Å². The second-order valence-electron chi connectivity index (χ2n) is 6.00. The third-order valence-corrected chi connectivity index (χ3v) is 4.47. The average Bonchev–Trinajstić information content (AvgIpc) is 2.39. The molecule has 22 heavy (non-hydrogen) atoms. The summed E-state index contributed by atoms with van der Waals surface area (Å²) < 4.78 is 58.9. The Balaban J connectivity index is 0.000000472. The lowest BCUT2D eigenvalue weighted by Gasteiger charge is -2.27. The van der Waals surface area contributed by atoms with Gasteiger partial charge in [0.15, 0.2) is 10.1 Å². The standard InChI is InChI=1S/C13H27N.CHF3O3S/c1-3-4-5-6-7-10-14-11-8-13(2)9-12-14;2-1(3,4)8(5,6)7/h13H,3-12H2,1-2H3;(H,5,6,7). The van der Waals surface area contributed by atoms with Gasteiger partial charge in [-0.05, 0) is 31.6 Å². The molecule has 1 fully saturated rings. The minimum Gasteiger partial charge on any atom is -0.741 e. The molecule has 134 valence electrons. The second kappa shape index (κ2) is 10.4. The van der Waals surface area contributed by atoms with Gasteiger partial charge in [-0.3, -0.25) is 0 Å². The number of hydrogen-bond donors (Lipinski definition) is 1. The lowest BCUT2D eigenvalue weighted by atomic mass is 9.99. The quantitative estimate of drug-likeness (QED) is 0.456. The van der Waals surface area contributed by atoms with Crippen LogP contribution in [0.1, 0.15) is 58.8 Å². The Bertz CT molecular complexity index is 377. The van der Waals surface area contributed by atoms with Gasteiger partial charge in [-0.15, -0.1) is 0 Å². The lowest BCUT2D eigenvalue weighted by Crippen LogP contribution is -3.13. The van der Waals surface area contributed by atoms with Gasteiger partial charge in [0, 0.05) is 0 Å². The third-order valence-electron chi connectivity index (χ3n) is 3.90. The van der Waals surface area contributed by atoms with Crippen LogP contribution in [0.25, 0.3) is 0 Å². The van der Waals surface area contributed by atoms with Crippen molar-refractivity contribution in [1.82, 2.24) is 0 Å². The monoisotopic (exact) mass is 347 g/mol. The van der Waals surface area contributed by atoms with Crippen LogP contribution >= 0.6 is 0 Å². The Labute approximate surface area is 131 Å². The number of rotatable bonds is 6. The van der Waals surface area contributed by atoms with Crippen molar-refractivity contribution < 1.29 is 31.0 Å². The van der Waals surface area contributed by atoms with Crippen molar-refractivity contribution in [2.45, 2.75) is 64.3 Å². The summed E-state index contributed by atoms with van der Waals surface area (Å²) in [7, 11) is -6.09. The van der Waals surface area contributed by atoms with E-state index in [1.54, 1.807) is 0 Å². The van der Waals surface area contributed by atoms with Crippen LogP contribution < -0.4 is 4.90 Å². The predicted octanol–water partition coefficient (Wildman–Crippen LogP) is 2.32. The van der Waals surface area contributed by atoms with Crippen molar-refractivity contribution in [2.75, 3.05) is 19.6 Å². The number of nitrogens with one attached hydrogen (secondary N) is 1. The van der Waals surface area contributed by atoms with Crippen molar-refractivity contribution in [1.29, 1.82) is 0 Å². The van der Waals surface area contributed by atoms with Gasteiger partial charge in [0.25, 0.3) is 0 Å². The van der Waals surface area contributed by atoms with Crippen molar-refractivity contribution in [2.24, 2.45) is 5.92 Å². The summed E-state index contributed by atoms with van der Waals surface area (Å²) in [6.45, 7) is 9.01. The van der Waals surface area contributed by atoms with Crippen molar-refractivity contribution in [3.05, 3.63) is 0 Å². The minimum atomic E-state index is -6.09. The van der Waals surface area contributed by atoms with Gasteiger partial charge in [0.2, 0.25) is 0 Å². The van der Waals surface area contributed by atoms with Gasteiger partial charge in [-0.25, -0.2) is 8.42 Å². The molecule has 8 heteroatoms. The number of hydrogen-bond acceptors (Lipinski definition) is 3. The molecule has 0 aromatic rings. The number of halogens is 3. The molecule has 0 aromatic heterocycles. The molecule has 0 spiro atoms. The normalized spacial score (nSPS) is 22.8. The fraction of sp³-hybridized carbons (Fsp3) is 1.00. The van der Waals surface area contributed by atoms with Crippen molar-refractivity contribution >= 4 is 10.1 Å². The maximum Gasteiger partial charge on any atom is 0.485 e. The van der Waals surface area contributed by atoms with E-state index in [1.165, 1.54) is 64.6 Å². The summed E-state index contributed by atoms with van der Waals surface area (Å²) in [5.74, 6) is 0.999. The van der Waals surface area contributed by atoms with Crippen LogP contribution in [0.3, 0.4) is 0 Å². The van der Waals surface area contributed by atoms with Gasteiger partial charge in [-0.2, -0.15) is 13.2 Å². The maximum atomic E-state index is 10.7. The van der Waals surface area contributed by atoms with E-state index >= 15 is 0 Å². The van der Waals surface area contributed by atoms with E-state index in [4.69, 9.17) is 13.0 Å². The molecule has 0 radical (unpaired) electrons. The van der Waals surface area contributed by atoms with E-state index in [0.717, 1.165) is 5.92 Å². The van der Waals surface area contributed by atoms with Crippen LogP contribution in [-0.2, 0) is 10.1 Å². The molecular formula is C14H28F3NO3S. The maximum absolute atomic E-state index is 10.7. The van der Waals surface area contributed by atoms with Crippen LogP contribution in [0.5, 0.6) is 0 Å². The Hall–Kier alpha value is -0.340. The summed E-state index contributed by atoms with van der Waals surface area (Å²) in [5, 5.41) is 0. The average molecular weight is 347 g/mol. The summed E-state index contributed by atoms with van der Waals surface area (Å²) in [6, 6.07) is 0. The lowest BCUT2D eigenvalue weighted by molar-refractivity contribution is -0.906. The fourth-order valence-corrected chi connectivity index (χ4v) is 2.40. The molecule has 1 N–H and O–H groups in total. The highest BCUT2D eigenvalue weighted by atomic mass is 32.2. The van der Waals surface area contributed by atoms with E-state index in [-0.39, 0.29) is 0 Å². The van der Waals surface area contributed by atoms with Crippen LogP contribution in [-0.4, -0.2) is 38.1 Å². The van der Waals surface area contributed by atoms with Crippen LogP contribution in [0, 0.1) is 5.92 Å². The third kappa shape index (κ3) is 10.4. The molecular weight excluding hydrogens is 319 g/mol. The van der Waals surface area contributed by atoms with Crippen molar-refractivity contribution in [3.63, 3.8) is 0 Å². The summed E-state index contributed by atoms with van der Waals surface area (Å²) in [6.07, 6.45) is 10.1. The molecule has 0 bridgehead atoms. The van der Waals surface area contributed by atoms with Gasteiger partial charge in [0.05, 0.1) is 19.6 Å². The van der Waals surface area contributed by atoms with Gasteiger partial charge >= 0.3 is 5.51 Å². The van der Waals surface area contributed by atoms with Gasteiger partial charge < -0.3 is 9.45 Å². The number of likely N-dealkylation sites (tertiary alicyclic amines) is 1. The molecule has 1 saturated heterocycles. The first-order valence-corrected chi connectivity index (χ1v) is 9.34. The second-order valence-corrected chi connectivity index (χ2v) is 7.37. The number of alkyl halides is 3. The molecule has 0 aromatic carbocycles. The van der Waals surface area contributed by atoms with E-state index in [0.29, 0.717) is 0 Å². The van der Waals surface area contributed by atoms with E-state index in [1.807, 2.05) is 4.90 Å². The van der Waals surface area contributed by atoms with Crippen molar-refractivity contribution in [3.8, 4) is 0 Å². The zero-order valence-electron chi connectivity index (χ0n) is 13.4. The molecule has 0 aliphatic carbocycles. The topological polar surface area (TPSA) is 61.6 Å². The Kier molecular flexibility index (Phi) is 10.3. The highest BCUT2D eigenvalue weighted by Gasteiger charge is 2.36. The Morgan fingerprint density at radius 2 is 1.55 bits per heavy atom. The largest absolute Gasteiger partial charge is 0.741 e. The minimum absolute atomic E-state index is 0.999. The molecule has 0 atom stereocenters.